The van der Waals surface area contributed by atoms with Gasteiger partial charge in [0.2, 0.25) is 5.88 Å². The van der Waals surface area contributed by atoms with E-state index in [-0.39, 0.29) is 0 Å². The van der Waals surface area contributed by atoms with Crippen molar-refractivity contribution in [3.63, 3.8) is 0 Å². The second-order valence-corrected chi connectivity index (χ2v) is 2.94. The van der Waals surface area contributed by atoms with Gasteiger partial charge in [-0.1, -0.05) is 0 Å². The van der Waals surface area contributed by atoms with Crippen LogP contribution in [-0.4, -0.2) is 22.2 Å². The Morgan fingerprint density at radius 2 is 2.33 bits per heavy atom. The van der Waals surface area contributed by atoms with Gasteiger partial charge in [-0.05, 0) is 6.07 Å². The lowest BCUT2D eigenvalue weighted by atomic mass is 10.1. The van der Waals surface area contributed by atoms with Crippen LogP contribution in [0.3, 0.4) is 0 Å². The molecule has 0 radical (unpaired) electrons. The maximum absolute atomic E-state index is 9.89. The summed E-state index contributed by atoms with van der Waals surface area (Å²) in [6, 6.07) is 3.26. The highest BCUT2D eigenvalue weighted by Crippen LogP contribution is 2.21. The van der Waals surface area contributed by atoms with E-state index in [0.717, 1.165) is 0 Å². The fourth-order valence-corrected chi connectivity index (χ4v) is 1.22. The van der Waals surface area contributed by atoms with Crippen LogP contribution in [0.2, 0.25) is 0 Å². The summed E-state index contributed by atoms with van der Waals surface area (Å²) in [5.41, 5.74) is 1.12. The van der Waals surface area contributed by atoms with Gasteiger partial charge < -0.3 is 14.3 Å². The smallest absolute Gasteiger partial charge is 0.216 e. The average molecular weight is 206 g/mol. The van der Waals surface area contributed by atoms with Crippen LogP contribution in [0.4, 0.5) is 0 Å². The second kappa shape index (κ2) is 4.10. The Hall–Kier alpha value is -1.88. The van der Waals surface area contributed by atoms with Crippen LogP contribution in [0.25, 0.3) is 0 Å². The van der Waals surface area contributed by atoms with Crippen molar-refractivity contribution in [1.29, 1.82) is 0 Å². The summed E-state index contributed by atoms with van der Waals surface area (Å²) in [6.07, 6.45) is 3.49. The molecule has 0 saturated carbocycles. The number of aliphatic hydroxyl groups excluding tert-OH is 1. The Balaban J connectivity index is 2.29. The molecule has 2 heterocycles. The summed E-state index contributed by atoms with van der Waals surface area (Å²) >= 11 is 0. The van der Waals surface area contributed by atoms with Gasteiger partial charge in [0.05, 0.1) is 25.3 Å². The molecule has 1 N–H and O–H groups in total. The maximum atomic E-state index is 9.89. The summed E-state index contributed by atoms with van der Waals surface area (Å²) in [7, 11) is 1.51. The first-order valence-electron chi connectivity index (χ1n) is 4.37. The summed E-state index contributed by atoms with van der Waals surface area (Å²) in [4.78, 5) is 7.81. The van der Waals surface area contributed by atoms with Crippen molar-refractivity contribution in [2.45, 2.75) is 6.10 Å². The minimum absolute atomic E-state index is 0.419. The first-order chi connectivity index (χ1) is 7.31. The Bertz CT molecular complexity index is 428. The zero-order valence-electron chi connectivity index (χ0n) is 8.12. The highest BCUT2D eigenvalue weighted by Gasteiger charge is 2.13. The predicted octanol–water partition coefficient (Wildman–Crippen LogP) is 1.16. The standard InChI is InChI=1S/C10H10N2O3/c1-14-9-4-8(11-6-12-9)10(13)7-2-3-15-5-7/h2-6,10,13H,1H3. The summed E-state index contributed by atoms with van der Waals surface area (Å²) in [6.45, 7) is 0. The highest BCUT2D eigenvalue weighted by molar-refractivity contribution is 5.24. The molecule has 1 atom stereocenters. The summed E-state index contributed by atoms with van der Waals surface area (Å²) in [5, 5.41) is 9.89. The minimum Gasteiger partial charge on any atom is -0.481 e. The highest BCUT2D eigenvalue weighted by atomic mass is 16.5. The van der Waals surface area contributed by atoms with E-state index in [1.807, 2.05) is 0 Å². The first kappa shape index (κ1) is 9.67. The number of nitrogens with zero attached hydrogens (tertiary/aromatic N) is 2. The van der Waals surface area contributed by atoms with Crippen LogP contribution in [0.15, 0.2) is 35.4 Å². The molecule has 0 fully saturated rings. The number of hydrogen-bond acceptors (Lipinski definition) is 5. The number of rotatable bonds is 3. The topological polar surface area (TPSA) is 68.4 Å². The lowest BCUT2D eigenvalue weighted by Crippen LogP contribution is -2.02. The number of ether oxygens (including phenoxy) is 1. The van der Waals surface area contributed by atoms with Crippen LogP contribution in [0.1, 0.15) is 17.4 Å². The predicted molar refractivity (Wildman–Crippen MR) is 51.4 cm³/mol. The molecule has 2 rings (SSSR count). The second-order valence-electron chi connectivity index (χ2n) is 2.94. The van der Waals surface area contributed by atoms with Gasteiger partial charge in [-0.3, -0.25) is 0 Å². The van der Waals surface area contributed by atoms with Crippen LogP contribution in [0, 0.1) is 0 Å². The van der Waals surface area contributed by atoms with Crippen LogP contribution >= 0.6 is 0 Å². The zero-order valence-corrected chi connectivity index (χ0v) is 8.12. The molecule has 0 aliphatic heterocycles. The molecule has 2 aromatic heterocycles. The molecule has 0 aromatic carbocycles. The minimum atomic E-state index is -0.819. The molecule has 15 heavy (non-hydrogen) atoms. The number of aromatic nitrogens is 2. The molecule has 1 unspecified atom stereocenters. The summed E-state index contributed by atoms with van der Waals surface area (Å²) in [5.74, 6) is 0.419. The molecule has 5 heteroatoms. The Kier molecular flexibility index (Phi) is 2.64. The van der Waals surface area contributed by atoms with E-state index in [9.17, 15) is 5.11 Å². The lowest BCUT2D eigenvalue weighted by molar-refractivity contribution is 0.213. The number of methoxy groups -OCH3 is 1. The molecule has 0 amide bonds. The van der Waals surface area contributed by atoms with Crippen molar-refractivity contribution in [2.75, 3.05) is 7.11 Å². The van der Waals surface area contributed by atoms with Gasteiger partial charge in [0, 0.05) is 11.6 Å². The first-order valence-corrected chi connectivity index (χ1v) is 4.37. The van der Waals surface area contributed by atoms with Crippen LogP contribution in [0.5, 0.6) is 5.88 Å². The van der Waals surface area contributed by atoms with Crippen molar-refractivity contribution in [3.05, 3.63) is 42.2 Å². The third kappa shape index (κ3) is 1.97. The van der Waals surface area contributed by atoms with Gasteiger partial charge in [-0.15, -0.1) is 0 Å². The third-order valence-corrected chi connectivity index (χ3v) is 2.01. The van der Waals surface area contributed by atoms with Crippen LogP contribution in [-0.2, 0) is 0 Å². The fourth-order valence-electron chi connectivity index (χ4n) is 1.22. The number of hydrogen-bond donors (Lipinski definition) is 1. The van der Waals surface area contributed by atoms with Crippen molar-refractivity contribution in [3.8, 4) is 5.88 Å². The average Bonchev–Trinajstić information content (AvgIpc) is 2.81. The monoisotopic (exact) mass is 206 g/mol. The van der Waals surface area contributed by atoms with E-state index in [1.54, 1.807) is 12.1 Å². The van der Waals surface area contributed by atoms with E-state index in [0.29, 0.717) is 17.1 Å². The van der Waals surface area contributed by atoms with E-state index in [1.165, 1.54) is 26.0 Å². The van der Waals surface area contributed by atoms with Crippen molar-refractivity contribution in [1.82, 2.24) is 9.97 Å². The lowest BCUT2D eigenvalue weighted by Gasteiger charge is -2.07. The number of aliphatic hydroxyl groups is 1. The van der Waals surface area contributed by atoms with Gasteiger partial charge in [0.25, 0.3) is 0 Å². The van der Waals surface area contributed by atoms with Gasteiger partial charge in [-0.25, -0.2) is 9.97 Å². The Morgan fingerprint density at radius 1 is 1.47 bits per heavy atom. The molecule has 78 valence electrons. The maximum Gasteiger partial charge on any atom is 0.216 e. The van der Waals surface area contributed by atoms with Gasteiger partial charge in [0.15, 0.2) is 0 Å². The molecule has 0 saturated heterocycles. The van der Waals surface area contributed by atoms with E-state index in [2.05, 4.69) is 9.97 Å². The van der Waals surface area contributed by atoms with Crippen molar-refractivity contribution < 1.29 is 14.3 Å². The van der Waals surface area contributed by atoms with E-state index < -0.39 is 6.10 Å². The molecule has 2 aromatic rings. The molecule has 0 aliphatic carbocycles. The van der Waals surface area contributed by atoms with E-state index >= 15 is 0 Å². The normalized spacial score (nSPS) is 12.4. The SMILES string of the molecule is COc1cc(C(O)c2ccoc2)ncn1. The molecular formula is C10H10N2O3. The molecular weight excluding hydrogens is 196 g/mol. The van der Waals surface area contributed by atoms with Crippen molar-refractivity contribution >= 4 is 0 Å². The molecule has 5 nitrogen and oxygen atoms in total. The zero-order chi connectivity index (χ0) is 10.7. The fraction of sp³-hybridized carbons (Fsp3) is 0.200. The van der Waals surface area contributed by atoms with Crippen molar-refractivity contribution in [2.24, 2.45) is 0 Å². The van der Waals surface area contributed by atoms with E-state index in [4.69, 9.17) is 9.15 Å². The van der Waals surface area contributed by atoms with Gasteiger partial charge in [-0.2, -0.15) is 0 Å². The van der Waals surface area contributed by atoms with Crippen LogP contribution < -0.4 is 4.74 Å². The largest absolute Gasteiger partial charge is 0.481 e. The number of furan rings is 1. The third-order valence-electron chi connectivity index (χ3n) is 2.01. The molecule has 0 aliphatic rings. The quantitative estimate of drug-likeness (QED) is 0.816. The van der Waals surface area contributed by atoms with Gasteiger partial charge in [0.1, 0.15) is 12.4 Å². The summed E-state index contributed by atoms with van der Waals surface area (Å²) < 4.78 is 9.82. The Labute approximate surface area is 86.4 Å². The molecule has 0 spiro atoms. The van der Waals surface area contributed by atoms with Gasteiger partial charge >= 0.3 is 0 Å². The Morgan fingerprint density at radius 3 is 3.00 bits per heavy atom. The molecule has 0 bridgehead atoms.